The smallest absolute Gasteiger partial charge is 0.0208 e. The normalized spacial score (nSPS) is 12.8. The van der Waals surface area contributed by atoms with Crippen molar-refractivity contribution in [2.24, 2.45) is 0 Å². The lowest BCUT2D eigenvalue weighted by Gasteiger charge is -2.12. The second kappa shape index (κ2) is 6.10. The van der Waals surface area contributed by atoms with Gasteiger partial charge in [0.2, 0.25) is 0 Å². The molecule has 0 saturated heterocycles. The minimum atomic E-state index is 0.589. The van der Waals surface area contributed by atoms with E-state index in [0.29, 0.717) is 6.04 Å². The fraction of sp³-hybridized carbons (Fsp3) is 0.500. The quantitative estimate of drug-likeness (QED) is 0.800. The molecular formula is C12H19NS. The number of hydrogen-bond acceptors (Lipinski definition) is 2. The zero-order valence-corrected chi connectivity index (χ0v) is 10.0. The lowest BCUT2D eigenvalue weighted by atomic mass is 10.1. The lowest BCUT2D eigenvalue weighted by molar-refractivity contribution is 0.596. The fourth-order valence-corrected chi connectivity index (χ4v) is 1.92. The van der Waals surface area contributed by atoms with E-state index < -0.39 is 0 Å². The monoisotopic (exact) mass is 209 g/mol. The molecule has 0 aromatic heterocycles. The van der Waals surface area contributed by atoms with Crippen LogP contribution in [0.1, 0.15) is 18.1 Å². The third-order valence-electron chi connectivity index (χ3n) is 2.19. The first-order chi connectivity index (χ1) is 6.72. The number of thioether (sulfide) groups is 1. The van der Waals surface area contributed by atoms with Crippen LogP contribution in [-0.4, -0.2) is 18.1 Å². The molecule has 1 N–H and O–H groups in total. The van der Waals surface area contributed by atoms with Crippen LogP contribution in [0.5, 0.6) is 0 Å². The van der Waals surface area contributed by atoms with Gasteiger partial charge in [-0.05, 0) is 25.7 Å². The van der Waals surface area contributed by atoms with Crippen LogP contribution in [0.2, 0.25) is 0 Å². The Labute approximate surface area is 91.3 Å². The summed E-state index contributed by atoms with van der Waals surface area (Å²) < 4.78 is 0. The molecule has 1 atom stereocenters. The van der Waals surface area contributed by atoms with Gasteiger partial charge < -0.3 is 5.32 Å². The summed E-state index contributed by atoms with van der Waals surface area (Å²) in [7, 11) is 0. The maximum absolute atomic E-state index is 3.50. The van der Waals surface area contributed by atoms with Crippen LogP contribution >= 0.6 is 11.8 Å². The molecule has 1 unspecified atom stereocenters. The minimum absolute atomic E-state index is 0.589. The number of benzene rings is 1. The molecule has 0 radical (unpaired) electrons. The Bertz CT molecular complexity index is 256. The van der Waals surface area contributed by atoms with Crippen molar-refractivity contribution in [1.29, 1.82) is 0 Å². The Morgan fingerprint density at radius 3 is 2.50 bits per heavy atom. The second-order valence-corrected chi connectivity index (χ2v) is 4.63. The minimum Gasteiger partial charge on any atom is -0.309 e. The van der Waals surface area contributed by atoms with Crippen LogP contribution in [-0.2, 0) is 6.54 Å². The molecule has 0 heterocycles. The van der Waals surface area contributed by atoms with Crippen LogP contribution in [0, 0.1) is 6.92 Å². The first-order valence-electron chi connectivity index (χ1n) is 5.00. The van der Waals surface area contributed by atoms with Gasteiger partial charge in [-0.15, -0.1) is 0 Å². The van der Waals surface area contributed by atoms with Gasteiger partial charge >= 0.3 is 0 Å². The van der Waals surface area contributed by atoms with E-state index in [0.717, 1.165) is 6.54 Å². The Balaban J connectivity index is 2.34. The van der Waals surface area contributed by atoms with Crippen molar-refractivity contribution in [3.63, 3.8) is 0 Å². The van der Waals surface area contributed by atoms with Crippen molar-refractivity contribution < 1.29 is 0 Å². The van der Waals surface area contributed by atoms with E-state index in [1.165, 1.54) is 16.9 Å². The largest absolute Gasteiger partial charge is 0.309 e. The lowest BCUT2D eigenvalue weighted by Crippen LogP contribution is -2.27. The Kier molecular flexibility index (Phi) is 5.05. The van der Waals surface area contributed by atoms with E-state index in [9.17, 15) is 0 Å². The predicted molar refractivity (Wildman–Crippen MR) is 65.9 cm³/mol. The van der Waals surface area contributed by atoms with E-state index in [-0.39, 0.29) is 0 Å². The highest BCUT2D eigenvalue weighted by molar-refractivity contribution is 7.98. The molecule has 1 aromatic rings. The van der Waals surface area contributed by atoms with Gasteiger partial charge in [0.1, 0.15) is 0 Å². The SMILES string of the molecule is CSCC(C)NCc1ccc(C)cc1. The molecule has 1 aromatic carbocycles. The van der Waals surface area contributed by atoms with Crippen LogP contribution in [0.4, 0.5) is 0 Å². The van der Waals surface area contributed by atoms with Gasteiger partial charge in [0.15, 0.2) is 0 Å². The van der Waals surface area contributed by atoms with Crippen molar-refractivity contribution in [1.82, 2.24) is 5.32 Å². The van der Waals surface area contributed by atoms with Gasteiger partial charge in [-0.25, -0.2) is 0 Å². The Morgan fingerprint density at radius 1 is 1.29 bits per heavy atom. The number of hydrogen-bond donors (Lipinski definition) is 1. The van der Waals surface area contributed by atoms with Gasteiger partial charge in [-0.1, -0.05) is 29.8 Å². The zero-order valence-electron chi connectivity index (χ0n) is 9.21. The second-order valence-electron chi connectivity index (χ2n) is 3.72. The first-order valence-corrected chi connectivity index (χ1v) is 6.39. The molecule has 0 bridgehead atoms. The molecule has 0 aliphatic carbocycles. The average molecular weight is 209 g/mol. The maximum atomic E-state index is 3.50. The van der Waals surface area contributed by atoms with Gasteiger partial charge in [0, 0.05) is 18.3 Å². The molecule has 0 amide bonds. The summed E-state index contributed by atoms with van der Waals surface area (Å²) in [4.78, 5) is 0. The summed E-state index contributed by atoms with van der Waals surface area (Å²) in [5, 5.41) is 3.50. The molecule has 2 heteroatoms. The molecule has 0 fully saturated rings. The van der Waals surface area contributed by atoms with Crippen molar-refractivity contribution in [2.75, 3.05) is 12.0 Å². The average Bonchev–Trinajstić information content (AvgIpc) is 2.17. The van der Waals surface area contributed by atoms with Gasteiger partial charge in [0.05, 0.1) is 0 Å². The van der Waals surface area contributed by atoms with E-state index in [2.05, 4.69) is 49.7 Å². The van der Waals surface area contributed by atoms with Gasteiger partial charge in [-0.3, -0.25) is 0 Å². The highest BCUT2D eigenvalue weighted by atomic mass is 32.2. The van der Waals surface area contributed by atoms with Crippen LogP contribution < -0.4 is 5.32 Å². The third-order valence-corrected chi connectivity index (χ3v) is 3.03. The molecule has 0 spiro atoms. The van der Waals surface area contributed by atoms with Crippen LogP contribution in [0.15, 0.2) is 24.3 Å². The molecular weight excluding hydrogens is 190 g/mol. The van der Waals surface area contributed by atoms with Crippen molar-refractivity contribution in [3.05, 3.63) is 35.4 Å². The fourth-order valence-electron chi connectivity index (χ4n) is 1.31. The summed E-state index contributed by atoms with van der Waals surface area (Å²) in [6.45, 7) is 5.32. The summed E-state index contributed by atoms with van der Waals surface area (Å²) in [6.07, 6.45) is 2.14. The molecule has 1 rings (SSSR count). The Morgan fingerprint density at radius 2 is 1.93 bits per heavy atom. The third kappa shape index (κ3) is 4.16. The van der Waals surface area contributed by atoms with Gasteiger partial charge in [0.25, 0.3) is 0 Å². The van der Waals surface area contributed by atoms with Gasteiger partial charge in [-0.2, -0.15) is 11.8 Å². The summed E-state index contributed by atoms with van der Waals surface area (Å²) in [5.74, 6) is 1.17. The summed E-state index contributed by atoms with van der Waals surface area (Å²) in [5.41, 5.74) is 2.69. The highest BCUT2D eigenvalue weighted by Crippen LogP contribution is 2.03. The standard InChI is InChI=1S/C12H19NS/c1-10-4-6-12(7-5-10)8-13-11(2)9-14-3/h4-7,11,13H,8-9H2,1-3H3. The number of nitrogens with one attached hydrogen (secondary N) is 1. The molecule has 0 aliphatic rings. The molecule has 1 nitrogen and oxygen atoms in total. The van der Waals surface area contributed by atoms with Crippen molar-refractivity contribution in [2.45, 2.75) is 26.4 Å². The van der Waals surface area contributed by atoms with E-state index in [4.69, 9.17) is 0 Å². The van der Waals surface area contributed by atoms with E-state index >= 15 is 0 Å². The maximum Gasteiger partial charge on any atom is 0.0208 e. The molecule has 14 heavy (non-hydrogen) atoms. The van der Waals surface area contributed by atoms with Crippen LogP contribution in [0.3, 0.4) is 0 Å². The summed E-state index contributed by atoms with van der Waals surface area (Å²) >= 11 is 1.88. The number of rotatable bonds is 5. The first kappa shape index (κ1) is 11.6. The number of aryl methyl sites for hydroxylation is 1. The van der Waals surface area contributed by atoms with E-state index in [1.807, 2.05) is 11.8 Å². The van der Waals surface area contributed by atoms with Crippen molar-refractivity contribution >= 4 is 11.8 Å². The Hall–Kier alpha value is -0.470. The summed E-state index contributed by atoms with van der Waals surface area (Å²) in [6, 6.07) is 9.29. The van der Waals surface area contributed by atoms with Crippen LogP contribution in [0.25, 0.3) is 0 Å². The molecule has 0 aliphatic heterocycles. The zero-order chi connectivity index (χ0) is 10.4. The van der Waals surface area contributed by atoms with E-state index in [1.54, 1.807) is 0 Å². The molecule has 78 valence electrons. The highest BCUT2D eigenvalue weighted by Gasteiger charge is 1.99. The van der Waals surface area contributed by atoms with Crippen molar-refractivity contribution in [3.8, 4) is 0 Å². The predicted octanol–water partition coefficient (Wildman–Crippen LogP) is 2.84. The topological polar surface area (TPSA) is 12.0 Å². The molecule has 0 saturated carbocycles.